The lowest BCUT2D eigenvalue weighted by atomic mass is 10.2. The Morgan fingerprint density at radius 2 is 1.85 bits per heavy atom. The molecule has 7 heteroatoms. The van der Waals surface area contributed by atoms with Crippen molar-refractivity contribution >= 4 is 16.0 Å². The molecule has 0 aliphatic rings. The Morgan fingerprint density at radius 3 is 2.35 bits per heavy atom. The quantitative estimate of drug-likeness (QED) is 0.750. The van der Waals surface area contributed by atoms with Crippen LogP contribution in [0.1, 0.15) is 12.5 Å². The lowest BCUT2D eigenvalue weighted by Gasteiger charge is -2.11. The monoisotopic (exact) mass is 301 g/mol. The molecule has 1 unspecified atom stereocenters. The molecular weight excluding hydrogens is 282 g/mol. The molecule has 0 radical (unpaired) electrons. The maximum absolute atomic E-state index is 12.0. The summed E-state index contributed by atoms with van der Waals surface area (Å²) in [5.41, 5.74) is 0.695. The van der Waals surface area contributed by atoms with Gasteiger partial charge in [0.2, 0.25) is 10.0 Å². The van der Waals surface area contributed by atoms with Crippen molar-refractivity contribution in [1.82, 2.24) is 4.72 Å². The van der Waals surface area contributed by atoms with Crippen LogP contribution in [0.15, 0.2) is 29.2 Å². The van der Waals surface area contributed by atoms with E-state index in [1.807, 2.05) is 0 Å². The van der Waals surface area contributed by atoms with Crippen molar-refractivity contribution in [3.63, 3.8) is 0 Å². The molecular formula is C13H19NO5S. The first kappa shape index (κ1) is 16.6. The lowest BCUT2D eigenvalue weighted by Crippen LogP contribution is -2.31. The van der Waals surface area contributed by atoms with Crippen LogP contribution in [0.25, 0.3) is 0 Å². The van der Waals surface area contributed by atoms with Gasteiger partial charge in [0, 0.05) is 13.7 Å². The van der Waals surface area contributed by atoms with Gasteiger partial charge in [-0.25, -0.2) is 13.1 Å². The van der Waals surface area contributed by atoms with E-state index in [1.165, 1.54) is 26.4 Å². The van der Waals surface area contributed by atoms with E-state index in [0.717, 1.165) is 0 Å². The number of benzene rings is 1. The van der Waals surface area contributed by atoms with Gasteiger partial charge in [-0.3, -0.25) is 4.79 Å². The zero-order chi connectivity index (χ0) is 15.2. The smallest absolute Gasteiger partial charge is 0.309 e. The van der Waals surface area contributed by atoms with E-state index in [2.05, 4.69) is 9.46 Å². The number of sulfonamides is 1. The molecule has 0 spiro atoms. The normalized spacial score (nSPS) is 12.9. The summed E-state index contributed by atoms with van der Waals surface area (Å²) in [4.78, 5) is 11.3. The summed E-state index contributed by atoms with van der Waals surface area (Å²) in [6, 6.07) is 6.09. The zero-order valence-electron chi connectivity index (χ0n) is 11.8. The SMILES string of the molecule is COC(=O)Cc1ccc(S(=O)(=O)NCC(C)OC)cc1. The summed E-state index contributed by atoms with van der Waals surface area (Å²) < 4.78 is 35.9. The molecule has 0 saturated carbocycles. The fourth-order valence-electron chi connectivity index (χ4n) is 1.42. The van der Waals surface area contributed by atoms with Crippen LogP contribution in [0.2, 0.25) is 0 Å². The first-order chi connectivity index (χ1) is 9.39. The van der Waals surface area contributed by atoms with Crippen LogP contribution >= 0.6 is 0 Å². The van der Waals surface area contributed by atoms with Gasteiger partial charge in [0.05, 0.1) is 24.5 Å². The Hall–Kier alpha value is -1.44. The summed E-state index contributed by atoms with van der Waals surface area (Å²) >= 11 is 0. The maximum atomic E-state index is 12.0. The third kappa shape index (κ3) is 4.92. The molecule has 20 heavy (non-hydrogen) atoms. The number of methoxy groups -OCH3 is 2. The van der Waals surface area contributed by atoms with Gasteiger partial charge in [-0.05, 0) is 24.6 Å². The lowest BCUT2D eigenvalue weighted by molar-refractivity contribution is -0.139. The van der Waals surface area contributed by atoms with Crippen molar-refractivity contribution < 1.29 is 22.7 Å². The Kier molecular flexibility index (Phi) is 6.12. The van der Waals surface area contributed by atoms with Crippen LogP contribution in [0.5, 0.6) is 0 Å². The fourth-order valence-corrected chi connectivity index (χ4v) is 2.53. The minimum atomic E-state index is -3.56. The van der Waals surface area contributed by atoms with E-state index in [4.69, 9.17) is 4.74 Å². The van der Waals surface area contributed by atoms with Crippen molar-refractivity contribution in [3.05, 3.63) is 29.8 Å². The van der Waals surface area contributed by atoms with Gasteiger partial charge in [0.15, 0.2) is 0 Å². The number of esters is 1. The van der Waals surface area contributed by atoms with E-state index >= 15 is 0 Å². The molecule has 0 bridgehead atoms. The highest BCUT2D eigenvalue weighted by Crippen LogP contribution is 2.11. The van der Waals surface area contributed by atoms with Crippen LogP contribution < -0.4 is 4.72 Å². The van der Waals surface area contributed by atoms with Gasteiger partial charge >= 0.3 is 5.97 Å². The van der Waals surface area contributed by atoms with Crippen molar-refractivity contribution in [1.29, 1.82) is 0 Å². The summed E-state index contributed by atoms with van der Waals surface area (Å²) in [6.45, 7) is 1.96. The first-order valence-corrected chi connectivity index (χ1v) is 7.55. The molecule has 1 atom stereocenters. The Balaban J connectivity index is 2.74. The third-order valence-electron chi connectivity index (χ3n) is 2.77. The fraction of sp³-hybridized carbons (Fsp3) is 0.462. The average molecular weight is 301 g/mol. The Morgan fingerprint density at radius 1 is 1.25 bits per heavy atom. The molecule has 1 N–H and O–H groups in total. The number of carbonyl (C=O) groups is 1. The van der Waals surface area contributed by atoms with Crippen LogP contribution in [-0.2, 0) is 30.7 Å². The highest BCUT2D eigenvalue weighted by atomic mass is 32.2. The van der Waals surface area contributed by atoms with Gasteiger partial charge in [-0.1, -0.05) is 12.1 Å². The topological polar surface area (TPSA) is 81.7 Å². The Bertz CT molecular complexity index is 538. The molecule has 1 aromatic rings. The highest BCUT2D eigenvalue weighted by Gasteiger charge is 2.15. The first-order valence-electron chi connectivity index (χ1n) is 6.07. The number of hydrogen-bond acceptors (Lipinski definition) is 5. The zero-order valence-corrected chi connectivity index (χ0v) is 12.6. The molecule has 1 aromatic carbocycles. The van der Waals surface area contributed by atoms with Gasteiger partial charge in [-0.15, -0.1) is 0 Å². The van der Waals surface area contributed by atoms with E-state index < -0.39 is 10.0 Å². The van der Waals surface area contributed by atoms with Gasteiger partial charge < -0.3 is 9.47 Å². The largest absolute Gasteiger partial charge is 0.469 e. The molecule has 6 nitrogen and oxygen atoms in total. The number of rotatable bonds is 7. The van der Waals surface area contributed by atoms with Crippen molar-refractivity contribution in [2.45, 2.75) is 24.3 Å². The van der Waals surface area contributed by atoms with Gasteiger partial charge in [-0.2, -0.15) is 0 Å². The van der Waals surface area contributed by atoms with Crippen molar-refractivity contribution in [3.8, 4) is 0 Å². The molecule has 0 heterocycles. The van der Waals surface area contributed by atoms with E-state index in [9.17, 15) is 13.2 Å². The maximum Gasteiger partial charge on any atom is 0.309 e. The second-order valence-corrected chi connectivity index (χ2v) is 6.06. The Labute approximate surface area is 119 Å². The molecule has 0 aliphatic heterocycles. The third-order valence-corrected chi connectivity index (χ3v) is 4.21. The van der Waals surface area contributed by atoms with Crippen molar-refractivity contribution in [2.24, 2.45) is 0 Å². The summed E-state index contributed by atoms with van der Waals surface area (Å²) in [5.74, 6) is -0.368. The highest BCUT2D eigenvalue weighted by molar-refractivity contribution is 7.89. The number of carbonyl (C=O) groups excluding carboxylic acids is 1. The second-order valence-electron chi connectivity index (χ2n) is 4.30. The second kappa shape index (κ2) is 7.37. The molecule has 0 fully saturated rings. The van der Waals surface area contributed by atoms with E-state index in [1.54, 1.807) is 19.1 Å². The molecule has 112 valence electrons. The number of nitrogens with one attached hydrogen (secondary N) is 1. The van der Waals surface area contributed by atoms with E-state index in [-0.39, 0.29) is 29.9 Å². The predicted octanol–water partition coefficient (Wildman–Crippen LogP) is 0.715. The van der Waals surface area contributed by atoms with Crippen LogP contribution in [-0.4, -0.2) is 41.3 Å². The number of hydrogen-bond donors (Lipinski definition) is 1. The molecule has 1 rings (SSSR count). The van der Waals surface area contributed by atoms with Gasteiger partial charge in [0.1, 0.15) is 0 Å². The summed E-state index contributed by atoms with van der Waals surface area (Å²) in [7, 11) is -0.740. The van der Waals surface area contributed by atoms with Crippen molar-refractivity contribution in [2.75, 3.05) is 20.8 Å². The number of ether oxygens (including phenoxy) is 2. The van der Waals surface area contributed by atoms with Crippen LogP contribution in [0.3, 0.4) is 0 Å². The van der Waals surface area contributed by atoms with Crippen LogP contribution in [0, 0.1) is 0 Å². The van der Waals surface area contributed by atoms with Crippen LogP contribution in [0.4, 0.5) is 0 Å². The van der Waals surface area contributed by atoms with Gasteiger partial charge in [0.25, 0.3) is 0 Å². The average Bonchev–Trinajstić information content (AvgIpc) is 2.45. The minimum absolute atomic E-state index is 0.116. The standard InChI is InChI=1S/C13H19NO5S/c1-10(18-2)9-14-20(16,17)12-6-4-11(5-7-12)8-13(15)19-3/h4-7,10,14H,8-9H2,1-3H3. The summed E-state index contributed by atoms with van der Waals surface area (Å²) in [5, 5.41) is 0. The predicted molar refractivity (Wildman–Crippen MR) is 73.8 cm³/mol. The minimum Gasteiger partial charge on any atom is -0.469 e. The molecule has 0 saturated heterocycles. The van der Waals surface area contributed by atoms with E-state index in [0.29, 0.717) is 5.56 Å². The molecule has 0 amide bonds. The summed E-state index contributed by atoms with van der Waals surface area (Å²) in [6.07, 6.45) is -0.0892. The molecule has 0 aromatic heterocycles. The molecule has 0 aliphatic carbocycles.